The molecule has 0 radical (unpaired) electrons. The lowest BCUT2D eigenvalue weighted by Crippen LogP contribution is -2.13. The summed E-state index contributed by atoms with van der Waals surface area (Å²) in [5.41, 5.74) is 0. The van der Waals surface area contributed by atoms with Gasteiger partial charge in [0, 0.05) is 27.9 Å². The van der Waals surface area contributed by atoms with Crippen LogP contribution in [-0.2, 0) is 9.47 Å². The minimum atomic E-state index is 0. The predicted octanol–water partition coefficient (Wildman–Crippen LogP) is 3.48. The van der Waals surface area contributed by atoms with Gasteiger partial charge in [-0.2, -0.15) is 0 Å². The first kappa shape index (κ1) is 19.2. The zero-order valence-corrected chi connectivity index (χ0v) is 12.4. The second-order valence-electron chi connectivity index (χ2n) is 3.58. The van der Waals surface area contributed by atoms with Crippen molar-refractivity contribution in [3.8, 4) is 0 Å². The first-order valence-electron chi connectivity index (χ1n) is 7.28. The molecule has 0 aliphatic heterocycles. The quantitative estimate of drug-likeness (QED) is 0.537. The van der Waals surface area contributed by atoms with E-state index >= 15 is 0 Å². The molecule has 0 bridgehead atoms. The Morgan fingerprint density at radius 2 is 1.47 bits per heavy atom. The van der Waals surface area contributed by atoms with Crippen LogP contribution >= 0.6 is 0 Å². The van der Waals surface area contributed by atoms with E-state index in [9.17, 15) is 0 Å². The van der Waals surface area contributed by atoms with Gasteiger partial charge in [-0.15, -0.1) is 0 Å². The van der Waals surface area contributed by atoms with E-state index in [0.717, 1.165) is 45.9 Å². The second kappa shape index (κ2) is 21.2. The summed E-state index contributed by atoms with van der Waals surface area (Å²) < 4.78 is 10.7. The lowest BCUT2D eigenvalue weighted by Gasteiger charge is -2.04. The van der Waals surface area contributed by atoms with E-state index in [-0.39, 0.29) is 1.43 Å². The van der Waals surface area contributed by atoms with E-state index in [0.29, 0.717) is 0 Å². The summed E-state index contributed by atoms with van der Waals surface area (Å²) in [4.78, 5) is 0. The average molecular weight is 249 g/mol. The van der Waals surface area contributed by atoms with Crippen LogP contribution in [-0.4, -0.2) is 39.5 Å². The Bertz CT molecular complexity index is 104. The highest BCUT2D eigenvalue weighted by Gasteiger charge is 1.91. The first-order valence-corrected chi connectivity index (χ1v) is 7.28. The molecule has 0 atom stereocenters. The third-order valence-corrected chi connectivity index (χ3v) is 2.17. The highest BCUT2D eigenvalue weighted by Crippen LogP contribution is 1.95. The number of hydrogen-bond acceptors (Lipinski definition) is 3. The fourth-order valence-corrected chi connectivity index (χ4v) is 1.32. The summed E-state index contributed by atoms with van der Waals surface area (Å²) in [6.45, 7) is 13.8. The largest absolute Gasteiger partial charge is 0.382 e. The molecule has 17 heavy (non-hydrogen) atoms. The Balaban J connectivity index is -0.000000709. The predicted molar refractivity (Wildman–Crippen MR) is 77.8 cm³/mol. The SMILES string of the molecule is CC.CCNCCCCCOCCCOCC.[HH]. The number of hydrogen-bond donors (Lipinski definition) is 1. The third-order valence-electron chi connectivity index (χ3n) is 2.17. The molecule has 108 valence electrons. The van der Waals surface area contributed by atoms with Crippen molar-refractivity contribution in [3.63, 3.8) is 0 Å². The van der Waals surface area contributed by atoms with E-state index in [4.69, 9.17) is 9.47 Å². The summed E-state index contributed by atoms with van der Waals surface area (Å²) in [5, 5.41) is 3.32. The van der Waals surface area contributed by atoms with Crippen molar-refractivity contribution >= 4 is 0 Å². The van der Waals surface area contributed by atoms with Crippen LogP contribution in [0.25, 0.3) is 0 Å². The van der Waals surface area contributed by atoms with Gasteiger partial charge in [0.2, 0.25) is 0 Å². The molecule has 0 amide bonds. The Labute approximate surface area is 110 Å². The topological polar surface area (TPSA) is 30.5 Å². The van der Waals surface area contributed by atoms with Gasteiger partial charge in [-0.3, -0.25) is 0 Å². The van der Waals surface area contributed by atoms with Crippen LogP contribution in [0.4, 0.5) is 0 Å². The molecule has 0 rings (SSSR count). The Hall–Kier alpha value is -0.120. The van der Waals surface area contributed by atoms with E-state index < -0.39 is 0 Å². The molecule has 0 heterocycles. The standard InChI is InChI=1S/C12H27NO2.C2H6.H2/c1-3-13-9-6-5-7-10-15-12-8-11-14-4-2;1-2;/h13H,3-12H2,1-2H3;1-2H3;1H. The van der Waals surface area contributed by atoms with Gasteiger partial charge in [0.05, 0.1) is 0 Å². The summed E-state index contributed by atoms with van der Waals surface area (Å²) in [6, 6.07) is 0. The molecule has 0 aromatic heterocycles. The fourth-order valence-electron chi connectivity index (χ4n) is 1.32. The number of ether oxygens (including phenoxy) is 2. The van der Waals surface area contributed by atoms with Crippen molar-refractivity contribution in [1.82, 2.24) is 5.32 Å². The Kier molecular flexibility index (Phi) is 24.0. The highest BCUT2D eigenvalue weighted by atomic mass is 16.5. The summed E-state index contributed by atoms with van der Waals surface area (Å²) in [7, 11) is 0. The monoisotopic (exact) mass is 249 g/mol. The van der Waals surface area contributed by atoms with Gasteiger partial charge in [-0.05, 0) is 45.7 Å². The second-order valence-corrected chi connectivity index (χ2v) is 3.58. The zero-order chi connectivity index (χ0) is 13.2. The van der Waals surface area contributed by atoms with Crippen LogP contribution in [0.5, 0.6) is 0 Å². The summed E-state index contributed by atoms with van der Waals surface area (Å²) >= 11 is 0. The average Bonchev–Trinajstić information content (AvgIpc) is 2.38. The zero-order valence-electron chi connectivity index (χ0n) is 12.4. The van der Waals surface area contributed by atoms with Gasteiger partial charge in [0.15, 0.2) is 0 Å². The van der Waals surface area contributed by atoms with Crippen molar-refractivity contribution < 1.29 is 10.9 Å². The van der Waals surface area contributed by atoms with Gasteiger partial charge in [-0.1, -0.05) is 20.8 Å². The van der Waals surface area contributed by atoms with Crippen LogP contribution in [0.2, 0.25) is 0 Å². The minimum Gasteiger partial charge on any atom is -0.382 e. The molecule has 3 heteroatoms. The maximum Gasteiger partial charge on any atom is 0.0487 e. The number of unbranched alkanes of at least 4 members (excludes halogenated alkanes) is 2. The van der Waals surface area contributed by atoms with Crippen molar-refractivity contribution in [3.05, 3.63) is 0 Å². The molecular formula is C14H35NO2. The molecule has 1 N–H and O–H groups in total. The van der Waals surface area contributed by atoms with Gasteiger partial charge in [0.1, 0.15) is 0 Å². The molecule has 0 unspecified atom stereocenters. The fraction of sp³-hybridized carbons (Fsp3) is 1.00. The smallest absolute Gasteiger partial charge is 0.0487 e. The lowest BCUT2D eigenvalue weighted by atomic mass is 10.2. The number of nitrogens with one attached hydrogen (secondary N) is 1. The van der Waals surface area contributed by atoms with Crippen molar-refractivity contribution in [2.24, 2.45) is 0 Å². The van der Waals surface area contributed by atoms with Crippen molar-refractivity contribution in [2.45, 2.75) is 53.4 Å². The molecule has 0 spiro atoms. The van der Waals surface area contributed by atoms with Crippen LogP contribution in [0.3, 0.4) is 0 Å². The van der Waals surface area contributed by atoms with Crippen LogP contribution < -0.4 is 5.32 Å². The van der Waals surface area contributed by atoms with Crippen molar-refractivity contribution in [1.29, 1.82) is 0 Å². The molecule has 0 saturated carbocycles. The maximum absolute atomic E-state index is 5.49. The highest BCUT2D eigenvalue weighted by molar-refractivity contribution is 4.46. The molecule has 3 nitrogen and oxygen atoms in total. The van der Waals surface area contributed by atoms with E-state index in [1.807, 2.05) is 20.8 Å². The Morgan fingerprint density at radius 1 is 0.824 bits per heavy atom. The normalized spacial score (nSPS) is 9.88. The van der Waals surface area contributed by atoms with Gasteiger partial charge >= 0.3 is 0 Å². The molecule has 0 aromatic rings. The summed E-state index contributed by atoms with van der Waals surface area (Å²) in [5.74, 6) is 0. The van der Waals surface area contributed by atoms with Crippen LogP contribution in [0.1, 0.15) is 54.8 Å². The maximum atomic E-state index is 5.49. The van der Waals surface area contributed by atoms with Crippen molar-refractivity contribution in [2.75, 3.05) is 39.5 Å². The minimum absolute atomic E-state index is 0. The molecule has 0 aliphatic rings. The lowest BCUT2D eigenvalue weighted by molar-refractivity contribution is 0.0861. The summed E-state index contributed by atoms with van der Waals surface area (Å²) in [6.07, 6.45) is 4.72. The van der Waals surface area contributed by atoms with E-state index in [2.05, 4.69) is 12.2 Å². The van der Waals surface area contributed by atoms with E-state index in [1.54, 1.807) is 0 Å². The molecule has 0 aromatic carbocycles. The molecule has 0 fully saturated rings. The van der Waals surface area contributed by atoms with E-state index in [1.165, 1.54) is 19.3 Å². The molecular weight excluding hydrogens is 214 g/mol. The van der Waals surface area contributed by atoms with Crippen LogP contribution in [0.15, 0.2) is 0 Å². The third kappa shape index (κ3) is 21.7. The molecule has 0 aliphatic carbocycles. The van der Waals surface area contributed by atoms with Gasteiger partial charge in [-0.25, -0.2) is 0 Å². The molecule has 0 saturated heterocycles. The van der Waals surface area contributed by atoms with Crippen LogP contribution in [0, 0.1) is 0 Å². The van der Waals surface area contributed by atoms with Gasteiger partial charge in [0.25, 0.3) is 0 Å². The first-order chi connectivity index (χ1) is 8.41. The Morgan fingerprint density at radius 3 is 2.12 bits per heavy atom. The van der Waals surface area contributed by atoms with Gasteiger partial charge < -0.3 is 14.8 Å². The number of rotatable bonds is 12.